The standard InChI is InChI=1S/2C36H21NOS/c1-2-10-24(11-3-1)37-30-16-7-6-13-27(30)36-34(37)29-15-8-14-26(35(29)38-36)23-17-19-28-32(21-23)39-31-20-18-22-9-4-5-12-25(22)33(28)31;1-2-9-25(10-3-1)37-30-13-7-6-12-27(30)36-35(37)28-17-14-23(20-31(28)38-36)24-15-18-29-33(21-24)39-32-19-16-22-8-4-5-11-26(22)34(29)32/h2*1-21H. The van der Waals surface area contributed by atoms with E-state index in [2.05, 4.69) is 264 Å². The fraction of sp³-hybridized carbons (Fsp3) is 0. The fourth-order valence-corrected chi connectivity index (χ4v) is 14.8. The number of nitrogens with zero attached hydrogens (tertiary/aromatic N) is 2. The summed E-state index contributed by atoms with van der Waals surface area (Å²) < 4.78 is 23.3. The van der Waals surface area contributed by atoms with Crippen LogP contribution < -0.4 is 0 Å². The molecule has 18 rings (SSSR count). The first-order valence-corrected chi connectivity index (χ1v) is 28.0. The Morgan fingerprint density at radius 2 is 0.744 bits per heavy atom. The molecule has 4 nitrogen and oxygen atoms in total. The molecule has 0 saturated carbocycles. The van der Waals surface area contributed by atoms with Crippen LogP contribution in [0.4, 0.5) is 0 Å². The molecular formula is C72H42N2O2S2. The first kappa shape index (κ1) is 43.5. The van der Waals surface area contributed by atoms with Crippen molar-refractivity contribution in [1.82, 2.24) is 9.13 Å². The van der Waals surface area contributed by atoms with Crippen LogP contribution in [0.2, 0.25) is 0 Å². The van der Waals surface area contributed by atoms with E-state index in [1.54, 1.807) is 0 Å². The van der Waals surface area contributed by atoms with Gasteiger partial charge in [-0.3, -0.25) is 0 Å². The number of furan rings is 2. The average Bonchev–Trinajstić information content (AvgIpc) is 4.45. The van der Waals surface area contributed by atoms with Crippen molar-refractivity contribution >= 4 is 151 Å². The minimum absolute atomic E-state index is 0.912. The van der Waals surface area contributed by atoms with E-state index in [0.717, 1.165) is 82.9 Å². The number of fused-ring (bicyclic) bond motifs is 20. The Morgan fingerprint density at radius 3 is 1.35 bits per heavy atom. The molecule has 0 atom stereocenters. The zero-order chi connectivity index (χ0) is 51.0. The summed E-state index contributed by atoms with van der Waals surface area (Å²) >= 11 is 3.73. The Balaban J connectivity index is 0.000000126. The smallest absolute Gasteiger partial charge is 0.161 e. The van der Waals surface area contributed by atoms with E-state index < -0.39 is 0 Å². The van der Waals surface area contributed by atoms with Crippen molar-refractivity contribution in [2.24, 2.45) is 0 Å². The first-order valence-electron chi connectivity index (χ1n) is 26.4. The Labute approximate surface area is 454 Å². The Morgan fingerprint density at radius 1 is 0.282 bits per heavy atom. The summed E-state index contributed by atoms with van der Waals surface area (Å²) in [5, 5.41) is 15.1. The molecule has 6 heterocycles. The van der Waals surface area contributed by atoms with Crippen molar-refractivity contribution in [2.45, 2.75) is 0 Å². The summed E-state index contributed by atoms with van der Waals surface area (Å²) in [6, 6.07) is 91.4. The SMILES string of the molecule is c1ccc(-n2c3ccccc3c3oc4c(-c5ccc6c(c5)sc5ccc7ccccc7c56)cccc4c32)cc1.c1ccc(-n2c3ccccc3c3oc4cc(-c5ccc6c(c5)sc5ccc7ccccc7c56)ccc4c32)cc1. The highest BCUT2D eigenvalue weighted by atomic mass is 32.1. The third-order valence-electron chi connectivity index (χ3n) is 16.0. The molecule has 0 aliphatic rings. The van der Waals surface area contributed by atoms with E-state index >= 15 is 0 Å². The molecule has 78 heavy (non-hydrogen) atoms. The fourth-order valence-electron chi connectivity index (χ4n) is 12.5. The van der Waals surface area contributed by atoms with Crippen molar-refractivity contribution < 1.29 is 8.83 Å². The van der Waals surface area contributed by atoms with Gasteiger partial charge in [0, 0.05) is 78.8 Å². The van der Waals surface area contributed by atoms with Crippen molar-refractivity contribution in [3.8, 4) is 33.6 Å². The zero-order valence-electron chi connectivity index (χ0n) is 41.8. The van der Waals surface area contributed by atoms with Gasteiger partial charge in [-0.15, -0.1) is 22.7 Å². The second-order valence-corrected chi connectivity index (χ2v) is 22.4. The largest absolute Gasteiger partial charge is 0.454 e. The lowest BCUT2D eigenvalue weighted by molar-refractivity contribution is 0.673. The van der Waals surface area contributed by atoms with Crippen LogP contribution in [-0.2, 0) is 0 Å². The predicted octanol–water partition coefficient (Wildman–Crippen LogP) is 21.4. The summed E-state index contributed by atoms with van der Waals surface area (Å²) in [6.07, 6.45) is 0. The zero-order valence-corrected chi connectivity index (χ0v) is 43.4. The van der Waals surface area contributed by atoms with Gasteiger partial charge >= 0.3 is 0 Å². The van der Waals surface area contributed by atoms with Crippen molar-refractivity contribution in [3.05, 3.63) is 255 Å². The summed E-state index contributed by atoms with van der Waals surface area (Å²) in [5.74, 6) is 0. The molecule has 6 aromatic heterocycles. The van der Waals surface area contributed by atoms with Gasteiger partial charge < -0.3 is 18.0 Å². The van der Waals surface area contributed by atoms with Gasteiger partial charge in [-0.2, -0.15) is 0 Å². The molecule has 364 valence electrons. The first-order chi connectivity index (χ1) is 38.7. The van der Waals surface area contributed by atoms with Gasteiger partial charge in [0.15, 0.2) is 11.2 Å². The minimum atomic E-state index is 0.912. The molecule has 0 saturated heterocycles. The molecule has 0 bridgehead atoms. The molecule has 0 radical (unpaired) electrons. The topological polar surface area (TPSA) is 36.1 Å². The van der Waals surface area contributed by atoms with Crippen LogP contribution in [-0.4, -0.2) is 9.13 Å². The van der Waals surface area contributed by atoms with Gasteiger partial charge in [0.05, 0.1) is 11.0 Å². The maximum Gasteiger partial charge on any atom is 0.161 e. The van der Waals surface area contributed by atoms with Gasteiger partial charge in [-0.25, -0.2) is 0 Å². The maximum absolute atomic E-state index is 6.76. The Hall–Kier alpha value is -9.72. The molecule has 12 aromatic carbocycles. The van der Waals surface area contributed by atoms with E-state index in [-0.39, 0.29) is 0 Å². The minimum Gasteiger partial charge on any atom is -0.454 e. The molecule has 6 heteroatoms. The van der Waals surface area contributed by atoms with Crippen LogP contribution in [0.1, 0.15) is 0 Å². The second-order valence-electron chi connectivity index (χ2n) is 20.3. The molecule has 0 spiro atoms. The molecule has 0 fully saturated rings. The molecule has 0 aliphatic carbocycles. The van der Waals surface area contributed by atoms with E-state index in [1.807, 2.05) is 22.7 Å². The third kappa shape index (κ3) is 6.45. The highest BCUT2D eigenvalue weighted by Crippen LogP contribution is 2.46. The second kappa shape index (κ2) is 16.9. The van der Waals surface area contributed by atoms with Crippen LogP contribution in [0.5, 0.6) is 0 Å². The van der Waals surface area contributed by atoms with Crippen molar-refractivity contribution in [2.75, 3.05) is 0 Å². The molecule has 0 unspecified atom stereocenters. The number of rotatable bonds is 4. The van der Waals surface area contributed by atoms with Crippen LogP contribution in [0.25, 0.3) is 161 Å². The van der Waals surface area contributed by atoms with Gasteiger partial charge in [0.25, 0.3) is 0 Å². The summed E-state index contributed by atoms with van der Waals surface area (Å²) in [4.78, 5) is 0. The third-order valence-corrected chi connectivity index (χ3v) is 18.2. The Kier molecular flexibility index (Phi) is 9.42. The van der Waals surface area contributed by atoms with Crippen LogP contribution in [0, 0.1) is 0 Å². The molecular weight excluding hydrogens is 989 g/mol. The van der Waals surface area contributed by atoms with Gasteiger partial charge in [-0.1, -0.05) is 164 Å². The summed E-state index contributed by atoms with van der Waals surface area (Å²) in [7, 11) is 0. The normalized spacial score (nSPS) is 12.1. The van der Waals surface area contributed by atoms with Crippen LogP contribution >= 0.6 is 22.7 Å². The average molecular weight is 1030 g/mol. The van der Waals surface area contributed by atoms with Crippen LogP contribution in [0.3, 0.4) is 0 Å². The highest BCUT2D eigenvalue weighted by Gasteiger charge is 2.23. The molecule has 0 N–H and O–H groups in total. The maximum atomic E-state index is 6.76. The molecule has 18 aromatic rings. The number of aromatic nitrogens is 2. The number of thiophene rings is 2. The van der Waals surface area contributed by atoms with Crippen LogP contribution in [0.15, 0.2) is 264 Å². The monoisotopic (exact) mass is 1030 g/mol. The summed E-state index contributed by atoms with van der Waals surface area (Å²) in [5.41, 5.74) is 15.2. The van der Waals surface area contributed by atoms with E-state index in [0.29, 0.717) is 0 Å². The van der Waals surface area contributed by atoms with Crippen molar-refractivity contribution in [1.29, 1.82) is 0 Å². The summed E-state index contributed by atoms with van der Waals surface area (Å²) in [6.45, 7) is 0. The predicted molar refractivity (Wildman–Crippen MR) is 333 cm³/mol. The van der Waals surface area contributed by atoms with E-state index in [1.165, 1.54) is 78.6 Å². The quantitative estimate of drug-likeness (QED) is 0.176. The lowest BCUT2D eigenvalue weighted by Gasteiger charge is -2.08. The molecule has 0 aliphatic heterocycles. The lowest BCUT2D eigenvalue weighted by Crippen LogP contribution is -1.92. The number of hydrogen-bond donors (Lipinski definition) is 0. The number of hydrogen-bond acceptors (Lipinski definition) is 4. The highest BCUT2D eigenvalue weighted by molar-refractivity contribution is 7.26. The van der Waals surface area contributed by atoms with Crippen molar-refractivity contribution in [3.63, 3.8) is 0 Å². The van der Waals surface area contributed by atoms with Gasteiger partial charge in [0.2, 0.25) is 0 Å². The number of benzene rings is 12. The van der Waals surface area contributed by atoms with E-state index in [4.69, 9.17) is 8.83 Å². The lowest BCUT2D eigenvalue weighted by atomic mass is 10.00. The van der Waals surface area contributed by atoms with Gasteiger partial charge in [-0.05, 0) is 129 Å². The Bertz CT molecular complexity index is 5460. The molecule has 0 amide bonds. The van der Waals surface area contributed by atoms with Gasteiger partial charge in [0.1, 0.15) is 22.2 Å². The van der Waals surface area contributed by atoms with E-state index in [9.17, 15) is 0 Å². The number of para-hydroxylation sites is 5.